The highest BCUT2D eigenvalue weighted by Gasteiger charge is 2.32. The van der Waals surface area contributed by atoms with Crippen molar-refractivity contribution in [3.63, 3.8) is 0 Å². The fourth-order valence-corrected chi connectivity index (χ4v) is 2.61. The lowest BCUT2D eigenvalue weighted by atomic mass is 10.0. The fourth-order valence-electron chi connectivity index (χ4n) is 2.36. The van der Waals surface area contributed by atoms with E-state index in [1.165, 1.54) is 11.0 Å². The highest BCUT2D eigenvalue weighted by atomic mass is 32.1. The minimum Gasteiger partial charge on any atom is -0.454 e. The van der Waals surface area contributed by atoms with Crippen LogP contribution in [0.2, 0.25) is 0 Å². The number of ether oxygens (including phenoxy) is 2. The molecule has 6 nitrogen and oxygen atoms in total. The van der Waals surface area contributed by atoms with Gasteiger partial charge >= 0.3 is 0 Å². The largest absolute Gasteiger partial charge is 0.454 e. The van der Waals surface area contributed by atoms with Gasteiger partial charge in [0.1, 0.15) is 5.57 Å². The van der Waals surface area contributed by atoms with Crippen LogP contribution in [0.4, 0.5) is 0 Å². The van der Waals surface area contributed by atoms with E-state index in [0.717, 1.165) is 5.56 Å². The second kappa shape index (κ2) is 5.85. The van der Waals surface area contributed by atoms with E-state index >= 15 is 0 Å². The molecule has 0 radical (unpaired) electrons. The number of hydrogen-bond donors (Lipinski definition) is 1. The van der Waals surface area contributed by atoms with Crippen LogP contribution in [-0.4, -0.2) is 35.2 Å². The van der Waals surface area contributed by atoms with E-state index < -0.39 is 11.8 Å². The van der Waals surface area contributed by atoms with E-state index in [9.17, 15) is 9.59 Å². The molecule has 2 amide bonds. The van der Waals surface area contributed by atoms with Gasteiger partial charge in [0.2, 0.25) is 6.79 Å². The van der Waals surface area contributed by atoms with Gasteiger partial charge in [0.15, 0.2) is 16.6 Å². The average molecular weight is 330 g/mol. The van der Waals surface area contributed by atoms with Crippen molar-refractivity contribution in [1.82, 2.24) is 10.2 Å². The summed E-state index contributed by atoms with van der Waals surface area (Å²) in [6, 6.07) is 3.56. The van der Waals surface area contributed by atoms with Gasteiger partial charge in [-0.05, 0) is 48.5 Å². The molecule has 1 aromatic rings. The summed E-state index contributed by atoms with van der Waals surface area (Å²) in [7, 11) is 0. The standard InChI is InChI=1S/C16H14N2O4S/c1-3-4-18-15(20)11(14(19)17-16(18)23)6-10-7-13-12(5-9(10)2)21-8-22-13/h3,5-7H,1,4,8H2,2H3,(H,17,19,23)/b11-6+. The number of fused-ring (bicyclic) bond motifs is 1. The minimum absolute atomic E-state index is 0.0161. The van der Waals surface area contributed by atoms with Crippen molar-refractivity contribution < 1.29 is 19.1 Å². The van der Waals surface area contributed by atoms with E-state index in [0.29, 0.717) is 17.1 Å². The van der Waals surface area contributed by atoms with Crippen molar-refractivity contribution in [2.45, 2.75) is 6.92 Å². The predicted molar refractivity (Wildman–Crippen MR) is 87.9 cm³/mol. The molecule has 1 aromatic carbocycles. The van der Waals surface area contributed by atoms with Crippen molar-refractivity contribution in [1.29, 1.82) is 0 Å². The SMILES string of the molecule is C=CCN1C(=O)/C(=C/c2cc3c(cc2C)OCO3)C(=O)NC1=S. The normalized spacial score (nSPS) is 18.4. The Balaban J connectivity index is 2.01. The summed E-state index contributed by atoms with van der Waals surface area (Å²) in [5.41, 5.74) is 1.59. The van der Waals surface area contributed by atoms with Gasteiger partial charge < -0.3 is 9.47 Å². The molecule has 7 heteroatoms. The number of nitrogens with one attached hydrogen (secondary N) is 1. The average Bonchev–Trinajstić information content (AvgIpc) is 2.94. The predicted octanol–water partition coefficient (Wildman–Crippen LogP) is 1.54. The number of carbonyl (C=O) groups is 2. The molecule has 0 aliphatic carbocycles. The van der Waals surface area contributed by atoms with E-state index in [4.69, 9.17) is 21.7 Å². The maximum Gasteiger partial charge on any atom is 0.265 e. The van der Waals surface area contributed by atoms with Gasteiger partial charge in [-0.2, -0.15) is 0 Å². The summed E-state index contributed by atoms with van der Waals surface area (Å²) >= 11 is 5.02. The zero-order valence-corrected chi connectivity index (χ0v) is 13.2. The molecule has 1 N–H and O–H groups in total. The lowest BCUT2D eigenvalue weighted by Gasteiger charge is -2.27. The number of aryl methyl sites for hydroxylation is 1. The summed E-state index contributed by atoms with van der Waals surface area (Å²) in [5, 5.41) is 2.60. The zero-order chi connectivity index (χ0) is 16.6. The van der Waals surface area contributed by atoms with Gasteiger partial charge in [-0.1, -0.05) is 6.08 Å². The maximum absolute atomic E-state index is 12.5. The maximum atomic E-state index is 12.5. The van der Waals surface area contributed by atoms with Crippen molar-refractivity contribution >= 4 is 35.2 Å². The summed E-state index contributed by atoms with van der Waals surface area (Å²) in [6.07, 6.45) is 3.08. The molecule has 2 heterocycles. The molecule has 0 spiro atoms. The minimum atomic E-state index is -0.516. The Morgan fingerprint density at radius 2 is 2.04 bits per heavy atom. The fraction of sp³-hybridized carbons (Fsp3) is 0.188. The first-order valence-corrected chi connectivity index (χ1v) is 7.32. The molecular formula is C16H14N2O4S. The van der Waals surface area contributed by atoms with Gasteiger partial charge in [-0.15, -0.1) is 6.58 Å². The molecule has 0 unspecified atom stereocenters. The third-order valence-corrected chi connectivity index (χ3v) is 3.88. The van der Waals surface area contributed by atoms with Gasteiger partial charge in [0, 0.05) is 6.54 Å². The van der Waals surface area contributed by atoms with E-state index in [-0.39, 0.29) is 24.0 Å². The molecule has 0 aromatic heterocycles. The Labute approximate surface area is 138 Å². The molecule has 2 aliphatic heterocycles. The number of amides is 2. The molecule has 118 valence electrons. The van der Waals surface area contributed by atoms with Crippen LogP contribution < -0.4 is 14.8 Å². The van der Waals surface area contributed by atoms with Crippen LogP contribution in [0.15, 0.2) is 30.4 Å². The lowest BCUT2D eigenvalue weighted by Crippen LogP contribution is -2.53. The van der Waals surface area contributed by atoms with Crippen LogP contribution in [0.5, 0.6) is 11.5 Å². The molecular weight excluding hydrogens is 316 g/mol. The summed E-state index contributed by atoms with van der Waals surface area (Å²) in [6.45, 7) is 5.85. The Morgan fingerprint density at radius 3 is 2.74 bits per heavy atom. The molecule has 1 saturated heterocycles. The Morgan fingerprint density at radius 1 is 1.35 bits per heavy atom. The van der Waals surface area contributed by atoms with Gasteiger partial charge in [0.25, 0.3) is 11.8 Å². The second-order valence-electron chi connectivity index (χ2n) is 5.08. The van der Waals surface area contributed by atoms with Crippen molar-refractivity contribution in [2.75, 3.05) is 13.3 Å². The molecule has 0 saturated carbocycles. The third-order valence-electron chi connectivity index (χ3n) is 3.56. The lowest BCUT2D eigenvalue weighted by molar-refractivity contribution is -0.128. The molecule has 0 bridgehead atoms. The topological polar surface area (TPSA) is 67.9 Å². The highest BCUT2D eigenvalue weighted by Crippen LogP contribution is 2.35. The van der Waals surface area contributed by atoms with E-state index in [2.05, 4.69) is 11.9 Å². The second-order valence-corrected chi connectivity index (χ2v) is 5.47. The number of nitrogens with zero attached hydrogens (tertiary/aromatic N) is 1. The van der Waals surface area contributed by atoms with Crippen molar-refractivity contribution in [3.05, 3.63) is 41.5 Å². The number of benzene rings is 1. The van der Waals surface area contributed by atoms with Crippen molar-refractivity contribution in [2.24, 2.45) is 0 Å². The quantitative estimate of drug-likeness (QED) is 0.394. The molecule has 3 rings (SSSR count). The summed E-state index contributed by atoms with van der Waals surface area (Å²) < 4.78 is 10.6. The first kappa shape index (κ1) is 15.2. The van der Waals surface area contributed by atoms with Gasteiger partial charge in [-0.3, -0.25) is 19.8 Å². The smallest absolute Gasteiger partial charge is 0.265 e. The summed E-state index contributed by atoms with van der Waals surface area (Å²) in [5.74, 6) is 0.274. The van der Waals surface area contributed by atoms with Crippen LogP contribution in [0.1, 0.15) is 11.1 Å². The Bertz CT molecular complexity index is 770. The first-order valence-electron chi connectivity index (χ1n) is 6.91. The van der Waals surface area contributed by atoms with Crippen LogP contribution in [0.3, 0.4) is 0 Å². The highest BCUT2D eigenvalue weighted by molar-refractivity contribution is 7.80. The number of thiocarbonyl (C=S) groups is 1. The summed E-state index contributed by atoms with van der Waals surface area (Å²) in [4.78, 5) is 25.9. The van der Waals surface area contributed by atoms with Gasteiger partial charge in [0.05, 0.1) is 0 Å². The molecule has 23 heavy (non-hydrogen) atoms. The van der Waals surface area contributed by atoms with Crippen LogP contribution in [0, 0.1) is 6.92 Å². The first-order chi connectivity index (χ1) is 11.0. The Kier molecular flexibility index (Phi) is 3.87. The number of rotatable bonds is 3. The van der Waals surface area contributed by atoms with E-state index in [1.54, 1.807) is 12.1 Å². The monoisotopic (exact) mass is 330 g/mol. The third kappa shape index (κ3) is 2.70. The molecule has 1 fully saturated rings. The molecule has 2 aliphatic rings. The van der Waals surface area contributed by atoms with Crippen molar-refractivity contribution in [3.8, 4) is 11.5 Å². The zero-order valence-electron chi connectivity index (χ0n) is 12.4. The molecule has 0 atom stereocenters. The number of carbonyl (C=O) groups excluding carboxylic acids is 2. The van der Waals surface area contributed by atoms with Crippen LogP contribution >= 0.6 is 12.2 Å². The Hall–Kier alpha value is -2.67. The van der Waals surface area contributed by atoms with E-state index in [1.807, 2.05) is 13.0 Å². The van der Waals surface area contributed by atoms with Crippen LogP contribution in [-0.2, 0) is 9.59 Å². The van der Waals surface area contributed by atoms with Crippen LogP contribution in [0.25, 0.3) is 6.08 Å². The van der Waals surface area contributed by atoms with Gasteiger partial charge in [-0.25, -0.2) is 0 Å². The number of hydrogen-bond acceptors (Lipinski definition) is 5.